The molecule has 1 amide bonds. The summed E-state index contributed by atoms with van der Waals surface area (Å²) in [5.41, 5.74) is 1.19. The number of carbonyl (C=O) groups is 2. The Kier molecular flexibility index (Phi) is 7.08. The fourth-order valence-corrected chi connectivity index (χ4v) is 3.92. The first-order valence-corrected chi connectivity index (χ1v) is 10.9. The maximum atomic E-state index is 12.7. The summed E-state index contributed by atoms with van der Waals surface area (Å²) in [6.45, 7) is 7.26. The van der Waals surface area contributed by atoms with Gasteiger partial charge in [0.2, 0.25) is 11.3 Å². The van der Waals surface area contributed by atoms with Crippen LogP contribution in [0.3, 0.4) is 0 Å². The SMILES string of the molecule is CCC(C)(C)C(=O)C(=O)N1CCCC1COCCCc1cc[n+]([O-])c2ccccc12. The molecule has 3 rings (SSSR count). The first-order chi connectivity index (χ1) is 14.3. The number of hydrogen-bond acceptors (Lipinski definition) is 4. The van der Waals surface area contributed by atoms with Crippen molar-refractivity contribution in [1.29, 1.82) is 0 Å². The van der Waals surface area contributed by atoms with E-state index in [9.17, 15) is 14.8 Å². The van der Waals surface area contributed by atoms with Crippen molar-refractivity contribution in [2.45, 2.75) is 58.9 Å². The number of likely N-dealkylation sites (tertiary alicyclic amines) is 1. The summed E-state index contributed by atoms with van der Waals surface area (Å²) >= 11 is 0. The van der Waals surface area contributed by atoms with Crippen LogP contribution in [0.4, 0.5) is 0 Å². The van der Waals surface area contributed by atoms with Crippen LogP contribution in [-0.2, 0) is 20.7 Å². The van der Waals surface area contributed by atoms with Crippen LogP contribution in [0.5, 0.6) is 0 Å². The maximum absolute atomic E-state index is 12.7. The monoisotopic (exact) mass is 412 g/mol. The number of carbonyl (C=O) groups excluding carboxylic acids is 2. The standard InChI is InChI=1S/C24H32N2O4/c1-4-24(2,3)22(27)23(28)25-14-7-10-19(25)17-30-16-8-9-18-13-15-26(29)21-12-6-5-11-20(18)21/h5-6,11-13,15,19H,4,7-10,14,16-17H2,1-3H3. The molecule has 2 heterocycles. The van der Waals surface area contributed by atoms with Gasteiger partial charge in [-0.2, -0.15) is 4.73 Å². The van der Waals surface area contributed by atoms with E-state index in [0.717, 1.165) is 41.4 Å². The average Bonchev–Trinajstić information content (AvgIpc) is 3.22. The highest BCUT2D eigenvalue weighted by Gasteiger charge is 2.38. The van der Waals surface area contributed by atoms with Gasteiger partial charge in [0.25, 0.3) is 5.91 Å². The predicted molar refractivity (Wildman–Crippen MR) is 116 cm³/mol. The highest BCUT2D eigenvalue weighted by atomic mass is 16.5. The number of aryl methyl sites for hydroxylation is 1. The van der Waals surface area contributed by atoms with Crippen molar-refractivity contribution in [3.63, 3.8) is 0 Å². The van der Waals surface area contributed by atoms with E-state index in [1.807, 2.05) is 51.1 Å². The quantitative estimate of drug-likeness (QED) is 0.274. The van der Waals surface area contributed by atoms with E-state index in [4.69, 9.17) is 4.74 Å². The minimum Gasteiger partial charge on any atom is -0.618 e. The van der Waals surface area contributed by atoms with E-state index in [1.54, 1.807) is 11.1 Å². The molecule has 0 aliphatic carbocycles. The van der Waals surface area contributed by atoms with Gasteiger partial charge in [0.1, 0.15) is 0 Å². The number of pyridine rings is 1. The summed E-state index contributed by atoms with van der Waals surface area (Å²) < 4.78 is 6.77. The number of rotatable bonds is 9. The average molecular weight is 413 g/mol. The van der Waals surface area contributed by atoms with Crippen molar-refractivity contribution < 1.29 is 19.1 Å². The lowest BCUT2D eigenvalue weighted by Gasteiger charge is -2.28. The normalized spacial score (nSPS) is 16.9. The molecule has 1 unspecified atom stereocenters. The molecule has 0 spiro atoms. The molecule has 30 heavy (non-hydrogen) atoms. The molecule has 0 N–H and O–H groups in total. The number of fused-ring (bicyclic) bond motifs is 1. The molecule has 1 aliphatic heterocycles. The molecular weight excluding hydrogens is 380 g/mol. The Morgan fingerprint density at radius 2 is 2.03 bits per heavy atom. The van der Waals surface area contributed by atoms with E-state index in [2.05, 4.69) is 0 Å². The van der Waals surface area contributed by atoms with Gasteiger partial charge in [-0.1, -0.05) is 32.9 Å². The maximum Gasteiger partial charge on any atom is 0.290 e. The number of ketones is 1. The second-order valence-electron chi connectivity index (χ2n) is 8.72. The van der Waals surface area contributed by atoms with Crippen LogP contribution < -0.4 is 4.73 Å². The van der Waals surface area contributed by atoms with Gasteiger partial charge < -0.3 is 14.8 Å². The number of para-hydroxylation sites is 1. The third-order valence-corrected chi connectivity index (χ3v) is 6.27. The summed E-state index contributed by atoms with van der Waals surface area (Å²) in [6, 6.07) is 9.45. The molecule has 1 fully saturated rings. The van der Waals surface area contributed by atoms with Gasteiger partial charge in [0.15, 0.2) is 6.20 Å². The van der Waals surface area contributed by atoms with Crippen molar-refractivity contribution in [2.75, 3.05) is 19.8 Å². The summed E-state index contributed by atoms with van der Waals surface area (Å²) in [5.74, 6) is -0.668. The zero-order valence-electron chi connectivity index (χ0n) is 18.2. The van der Waals surface area contributed by atoms with Gasteiger partial charge >= 0.3 is 0 Å². The fraction of sp³-hybridized carbons (Fsp3) is 0.542. The minimum absolute atomic E-state index is 0.0221. The van der Waals surface area contributed by atoms with E-state index < -0.39 is 5.41 Å². The largest absolute Gasteiger partial charge is 0.618 e. The Labute approximate surface area is 178 Å². The van der Waals surface area contributed by atoms with E-state index in [0.29, 0.717) is 31.7 Å². The summed E-state index contributed by atoms with van der Waals surface area (Å²) in [5, 5.41) is 12.9. The van der Waals surface area contributed by atoms with Crippen molar-refractivity contribution in [3.8, 4) is 0 Å². The molecule has 1 aromatic carbocycles. The van der Waals surface area contributed by atoms with Gasteiger partial charge in [-0.25, -0.2) is 0 Å². The Balaban J connectivity index is 1.49. The van der Waals surface area contributed by atoms with Crippen molar-refractivity contribution in [2.24, 2.45) is 5.41 Å². The molecule has 1 atom stereocenters. The van der Waals surface area contributed by atoms with Crippen LogP contribution in [0.1, 0.15) is 52.0 Å². The highest BCUT2D eigenvalue weighted by molar-refractivity contribution is 6.38. The fourth-order valence-electron chi connectivity index (χ4n) is 3.92. The Morgan fingerprint density at radius 3 is 2.80 bits per heavy atom. The molecule has 6 heteroatoms. The summed E-state index contributed by atoms with van der Waals surface area (Å²) in [4.78, 5) is 26.9. The lowest BCUT2D eigenvalue weighted by molar-refractivity contribution is -0.577. The third kappa shape index (κ3) is 4.81. The molecule has 162 valence electrons. The van der Waals surface area contributed by atoms with Crippen molar-refractivity contribution in [3.05, 3.63) is 47.3 Å². The van der Waals surface area contributed by atoms with Crippen molar-refractivity contribution >= 4 is 22.6 Å². The van der Waals surface area contributed by atoms with Gasteiger partial charge in [0, 0.05) is 30.7 Å². The van der Waals surface area contributed by atoms with Gasteiger partial charge in [0.05, 0.1) is 18.0 Å². The molecule has 1 aliphatic rings. The molecule has 1 aromatic heterocycles. The number of Topliss-reactive ketones (excluding diaryl/α,β-unsaturated/α-hetero) is 1. The predicted octanol–water partition coefficient (Wildman–Crippen LogP) is 3.42. The third-order valence-electron chi connectivity index (χ3n) is 6.27. The number of hydrogen-bond donors (Lipinski definition) is 0. The Bertz CT molecular complexity index is 909. The topological polar surface area (TPSA) is 73.5 Å². The minimum atomic E-state index is -0.619. The first-order valence-electron chi connectivity index (χ1n) is 10.9. The molecule has 6 nitrogen and oxygen atoms in total. The number of benzene rings is 1. The summed E-state index contributed by atoms with van der Waals surface area (Å²) in [7, 11) is 0. The van der Waals surface area contributed by atoms with Gasteiger partial charge in [-0.05, 0) is 43.7 Å². The van der Waals surface area contributed by atoms with Crippen LogP contribution in [0, 0.1) is 10.6 Å². The first kappa shape index (κ1) is 22.2. The number of aromatic nitrogens is 1. The summed E-state index contributed by atoms with van der Waals surface area (Å²) in [6.07, 6.45) is 5.62. The lowest BCUT2D eigenvalue weighted by atomic mass is 9.84. The molecular formula is C24H32N2O4. The van der Waals surface area contributed by atoms with Crippen LogP contribution >= 0.6 is 0 Å². The Morgan fingerprint density at radius 1 is 1.27 bits per heavy atom. The second-order valence-corrected chi connectivity index (χ2v) is 8.72. The van der Waals surface area contributed by atoms with E-state index in [1.165, 1.54) is 0 Å². The van der Waals surface area contributed by atoms with E-state index >= 15 is 0 Å². The van der Waals surface area contributed by atoms with E-state index in [-0.39, 0.29) is 17.7 Å². The van der Waals surface area contributed by atoms with Crippen molar-refractivity contribution in [1.82, 2.24) is 4.90 Å². The molecule has 1 saturated heterocycles. The zero-order chi connectivity index (χ0) is 21.7. The smallest absolute Gasteiger partial charge is 0.290 e. The number of nitrogens with zero attached hydrogens (tertiary/aromatic N) is 2. The van der Waals surface area contributed by atoms with Crippen LogP contribution in [0.25, 0.3) is 10.9 Å². The van der Waals surface area contributed by atoms with Gasteiger partial charge in [-0.15, -0.1) is 0 Å². The number of amides is 1. The zero-order valence-corrected chi connectivity index (χ0v) is 18.2. The molecule has 0 radical (unpaired) electrons. The van der Waals surface area contributed by atoms with Gasteiger partial charge in [-0.3, -0.25) is 9.59 Å². The molecule has 0 saturated carbocycles. The highest BCUT2D eigenvalue weighted by Crippen LogP contribution is 2.25. The molecule has 2 aromatic rings. The van der Waals surface area contributed by atoms with Crippen LogP contribution in [-0.4, -0.2) is 42.4 Å². The Hall–Kier alpha value is -2.47. The second kappa shape index (κ2) is 9.56. The number of ether oxygens (including phenoxy) is 1. The van der Waals surface area contributed by atoms with Crippen LogP contribution in [0.2, 0.25) is 0 Å². The molecule has 0 bridgehead atoms. The van der Waals surface area contributed by atoms with Crippen LogP contribution in [0.15, 0.2) is 36.5 Å². The lowest BCUT2D eigenvalue weighted by Crippen LogP contribution is -2.46.